The average molecular weight is 349 g/mol. The number of unbranched alkanes of at least 4 members (excludes halogenated alkanes) is 2. The summed E-state index contributed by atoms with van der Waals surface area (Å²) < 4.78 is 10.5. The summed E-state index contributed by atoms with van der Waals surface area (Å²) in [5.41, 5.74) is 0.732. The van der Waals surface area contributed by atoms with Gasteiger partial charge in [0.1, 0.15) is 0 Å². The molecule has 2 rings (SSSR count). The molecule has 1 fully saturated rings. The summed E-state index contributed by atoms with van der Waals surface area (Å²) in [4.78, 5) is 25.9. The number of carbonyl (C=O) groups is 2. The van der Waals surface area contributed by atoms with Gasteiger partial charge in [-0.1, -0.05) is 19.8 Å². The normalized spacial score (nSPS) is 16.7. The highest BCUT2D eigenvalue weighted by Crippen LogP contribution is 2.33. The molecule has 25 heavy (non-hydrogen) atoms. The van der Waals surface area contributed by atoms with E-state index in [9.17, 15) is 9.59 Å². The molecule has 0 spiro atoms. The van der Waals surface area contributed by atoms with Crippen molar-refractivity contribution in [2.75, 3.05) is 32.2 Å². The van der Waals surface area contributed by atoms with Gasteiger partial charge in [0.05, 0.1) is 20.3 Å². The Kier molecular flexibility index (Phi) is 6.91. The van der Waals surface area contributed by atoms with Crippen LogP contribution in [0.4, 0.5) is 10.5 Å². The molecule has 2 N–H and O–H groups in total. The van der Waals surface area contributed by atoms with Crippen LogP contribution in [0.3, 0.4) is 0 Å². The number of hydrogen-bond donors (Lipinski definition) is 2. The number of ether oxygens (including phenoxy) is 2. The van der Waals surface area contributed by atoms with Crippen molar-refractivity contribution >= 4 is 17.6 Å². The van der Waals surface area contributed by atoms with Gasteiger partial charge in [0.15, 0.2) is 11.5 Å². The summed E-state index contributed by atoms with van der Waals surface area (Å²) >= 11 is 0. The van der Waals surface area contributed by atoms with E-state index in [4.69, 9.17) is 9.47 Å². The number of amides is 3. The zero-order chi connectivity index (χ0) is 18.2. The van der Waals surface area contributed by atoms with Gasteiger partial charge in [-0.25, -0.2) is 4.79 Å². The van der Waals surface area contributed by atoms with Crippen molar-refractivity contribution in [1.29, 1.82) is 0 Å². The molecule has 1 aliphatic heterocycles. The number of rotatable bonds is 8. The summed E-state index contributed by atoms with van der Waals surface area (Å²) in [6.07, 6.45) is 3.46. The number of nitrogens with zero attached hydrogens (tertiary/aromatic N) is 1. The Balaban J connectivity index is 1.92. The van der Waals surface area contributed by atoms with E-state index in [1.165, 1.54) is 0 Å². The minimum absolute atomic E-state index is 0.0245. The van der Waals surface area contributed by atoms with Crippen LogP contribution >= 0.6 is 0 Å². The maximum absolute atomic E-state index is 12.3. The maximum Gasteiger partial charge on any atom is 0.315 e. The predicted octanol–water partition coefficient (Wildman–Crippen LogP) is 2.30. The molecule has 0 radical (unpaired) electrons. The number of methoxy groups -OCH3 is 2. The fraction of sp³-hybridized carbons (Fsp3) is 0.556. The Morgan fingerprint density at radius 3 is 2.68 bits per heavy atom. The fourth-order valence-corrected chi connectivity index (χ4v) is 2.86. The summed E-state index contributed by atoms with van der Waals surface area (Å²) in [5, 5.41) is 5.70. The molecule has 1 aromatic rings. The molecule has 0 saturated carbocycles. The number of nitrogens with one attached hydrogen (secondary N) is 2. The van der Waals surface area contributed by atoms with E-state index >= 15 is 0 Å². The first kappa shape index (κ1) is 18.9. The predicted molar refractivity (Wildman–Crippen MR) is 96.4 cm³/mol. The zero-order valence-electron chi connectivity index (χ0n) is 15.1. The second-order valence-corrected chi connectivity index (χ2v) is 6.05. The fourth-order valence-electron chi connectivity index (χ4n) is 2.86. The van der Waals surface area contributed by atoms with E-state index in [1.54, 1.807) is 31.3 Å². The molecule has 1 aromatic carbocycles. The van der Waals surface area contributed by atoms with Gasteiger partial charge in [-0.3, -0.25) is 4.79 Å². The molecule has 138 valence electrons. The minimum atomic E-state index is -0.219. The van der Waals surface area contributed by atoms with Crippen molar-refractivity contribution in [3.05, 3.63) is 18.2 Å². The van der Waals surface area contributed by atoms with Crippen LogP contribution in [-0.4, -0.2) is 45.3 Å². The minimum Gasteiger partial charge on any atom is -0.493 e. The van der Waals surface area contributed by atoms with Gasteiger partial charge in [0.2, 0.25) is 5.91 Å². The molecule has 1 atom stereocenters. The second kappa shape index (κ2) is 9.15. The van der Waals surface area contributed by atoms with Crippen LogP contribution in [0.15, 0.2) is 18.2 Å². The molecule has 1 aliphatic rings. The van der Waals surface area contributed by atoms with Crippen molar-refractivity contribution in [2.24, 2.45) is 0 Å². The number of anilines is 1. The van der Waals surface area contributed by atoms with Crippen LogP contribution in [0.25, 0.3) is 0 Å². The van der Waals surface area contributed by atoms with Crippen molar-refractivity contribution in [2.45, 2.75) is 38.6 Å². The Hall–Kier alpha value is -2.44. The average Bonchev–Trinajstić information content (AvgIpc) is 2.98. The molecule has 0 aromatic heterocycles. The number of carbonyl (C=O) groups excluding carboxylic acids is 2. The van der Waals surface area contributed by atoms with Crippen LogP contribution < -0.4 is 25.0 Å². The molecule has 1 unspecified atom stereocenters. The third kappa shape index (κ3) is 5.01. The first-order valence-corrected chi connectivity index (χ1v) is 8.65. The highest BCUT2D eigenvalue weighted by atomic mass is 16.5. The standard InChI is InChI=1S/C18H27N3O4/c1-4-5-6-9-19-18(23)20-13-10-17(22)21(12-13)14-7-8-15(24-2)16(11-14)25-3/h7-8,11,13H,4-6,9-10,12H2,1-3H3,(H2,19,20,23). The highest BCUT2D eigenvalue weighted by molar-refractivity contribution is 5.97. The molecule has 0 bridgehead atoms. The Morgan fingerprint density at radius 2 is 2.00 bits per heavy atom. The zero-order valence-corrected chi connectivity index (χ0v) is 15.1. The topological polar surface area (TPSA) is 79.9 Å². The van der Waals surface area contributed by atoms with Gasteiger partial charge in [0, 0.05) is 31.3 Å². The van der Waals surface area contributed by atoms with Gasteiger partial charge in [-0.2, -0.15) is 0 Å². The van der Waals surface area contributed by atoms with Gasteiger partial charge in [-0.05, 0) is 18.6 Å². The molecule has 1 heterocycles. The first-order valence-electron chi connectivity index (χ1n) is 8.65. The van der Waals surface area contributed by atoms with Crippen LogP contribution in [0.5, 0.6) is 11.5 Å². The summed E-state index contributed by atoms with van der Waals surface area (Å²) in [5.74, 6) is 1.15. The lowest BCUT2D eigenvalue weighted by Gasteiger charge is -2.19. The summed E-state index contributed by atoms with van der Waals surface area (Å²) in [6, 6.07) is 4.92. The Bertz CT molecular complexity index is 606. The molecule has 7 heteroatoms. The number of benzene rings is 1. The van der Waals surface area contributed by atoms with E-state index in [0.717, 1.165) is 24.9 Å². The molecular formula is C18H27N3O4. The van der Waals surface area contributed by atoms with Crippen LogP contribution in [0, 0.1) is 0 Å². The molecular weight excluding hydrogens is 322 g/mol. The molecule has 1 saturated heterocycles. The third-order valence-electron chi connectivity index (χ3n) is 4.20. The first-order chi connectivity index (χ1) is 12.1. The Labute approximate surface area is 148 Å². The van der Waals surface area contributed by atoms with E-state index in [0.29, 0.717) is 24.6 Å². The van der Waals surface area contributed by atoms with Crippen LogP contribution in [0.1, 0.15) is 32.6 Å². The van der Waals surface area contributed by atoms with Crippen molar-refractivity contribution < 1.29 is 19.1 Å². The second-order valence-electron chi connectivity index (χ2n) is 6.05. The van der Waals surface area contributed by atoms with E-state index < -0.39 is 0 Å². The summed E-state index contributed by atoms with van der Waals surface area (Å²) in [6.45, 7) is 3.21. The van der Waals surface area contributed by atoms with E-state index in [1.807, 2.05) is 6.07 Å². The molecule has 0 aliphatic carbocycles. The smallest absolute Gasteiger partial charge is 0.315 e. The number of hydrogen-bond acceptors (Lipinski definition) is 4. The lowest BCUT2D eigenvalue weighted by molar-refractivity contribution is -0.117. The lowest BCUT2D eigenvalue weighted by atomic mass is 10.2. The van der Waals surface area contributed by atoms with Crippen molar-refractivity contribution in [3.8, 4) is 11.5 Å². The molecule has 7 nitrogen and oxygen atoms in total. The van der Waals surface area contributed by atoms with Gasteiger partial charge >= 0.3 is 6.03 Å². The largest absolute Gasteiger partial charge is 0.493 e. The quantitative estimate of drug-likeness (QED) is 0.706. The van der Waals surface area contributed by atoms with Gasteiger partial charge in [-0.15, -0.1) is 0 Å². The van der Waals surface area contributed by atoms with Crippen LogP contribution in [-0.2, 0) is 4.79 Å². The monoisotopic (exact) mass is 349 g/mol. The number of urea groups is 1. The Morgan fingerprint density at radius 1 is 1.24 bits per heavy atom. The van der Waals surface area contributed by atoms with Gasteiger partial charge in [0.25, 0.3) is 0 Å². The van der Waals surface area contributed by atoms with Crippen LogP contribution in [0.2, 0.25) is 0 Å². The van der Waals surface area contributed by atoms with Crippen molar-refractivity contribution in [3.63, 3.8) is 0 Å². The van der Waals surface area contributed by atoms with E-state index in [2.05, 4.69) is 17.6 Å². The molecule has 3 amide bonds. The van der Waals surface area contributed by atoms with Crippen molar-refractivity contribution in [1.82, 2.24) is 10.6 Å². The highest BCUT2D eigenvalue weighted by Gasteiger charge is 2.32. The van der Waals surface area contributed by atoms with Gasteiger partial charge < -0.3 is 25.0 Å². The van der Waals surface area contributed by atoms with E-state index in [-0.39, 0.29) is 24.4 Å². The lowest BCUT2D eigenvalue weighted by Crippen LogP contribution is -2.43. The maximum atomic E-state index is 12.3. The SMILES string of the molecule is CCCCCNC(=O)NC1CC(=O)N(c2ccc(OC)c(OC)c2)C1. The third-order valence-corrected chi connectivity index (χ3v) is 4.20. The summed E-state index contributed by atoms with van der Waals surface area (Å²) in [7, 11) is 3.12.